The van der Waals surface area contributed by atoms with Crippen LogP contribution in [0.25, 0.3) is 10.8 Å². The van der Waals surface area contributed by atoms with Crippen LogP contribution in [0.15, 0.2) is 83.7 Å². The second kappa shape index (κ2) is 10.1. The molecule has 0 bridgehead atoms. The van der Waals surface area contributed by atoms with Gasteiger partial charge in [0.25, 0.3) is 11.5 Å². The van der Waals surface area contributed by atoms with Crippen molar-refractivity contribution in [2.24, 2.45) is 0 Å². The lowest BCUT2D eigenvalue weighted by atomic mass is 10.1. The molecule has 1 aromatic heterocycles. The number of nitrogens with one attached hydrogen (secondary N) is 1. The number of esters is 1. The van der Waals surface area contributed by atoms with Crippen LogP contribution in [0.2, 0.25) is 0 Å². The molecular weight excluding hydrogens is 446 g/mol. The number of carbonyl (C=O) groups excluding carboxylic acids is 3. The fourth-order valence-electron chi connectivity index (χ4n) is 3.55. The number of rotatable bonds is 7. The van der Waals surface area contributed by atoms with Gasteiger partial charge in [-0.25, -0.2) is 9.48 Å². The number of ketones is 1. The first-order valence-corrected chi connectivity index (χ1v) is 11.0. The molecule has 4 rings (SSSR count). The third-order valence-electron chi connectivity index (χ3n) is 5.45. The molecule has 0 aliphatic rings. The molecule has 0 saturated heterocycles. The Morgan fingerprint density at radius 2 is 1.54 bits per heavy atom. The van der Waals surface area contributed by atoms with Crippen molar-refractivity contribution in [2.75, 3.05) is 5.32 Å². The van der Waals surface area contributed by atoms with Gasteiger partial charge in [0.15, 0.2) is 17.6 Å². The minimum atomic E-state index is -1.13. The number of amides is 1. The van der Waals surface area contributed by atoms with Crippen LogP contribution in [0.4, 0.5) is 5.69 Å². The molecule has 1 unspecified atom stereocenters. The van der Waals surface area contributed by atoms with Gasteiger partial charge in [-0.3, -0.25) is 14.4 Å². The molecule has 0 saturated carbocycles. The Balaban J connectivity index is 1.56. The van der Waals surface area contributed by atoms with Crippen LogP contribution < -0.4 is 10.9 Å². The summed E-state index contributed by atoms with van der Waals surface area (Å²) in [4.78, 5) is 50.0. The Morgan fingerprint density at radius 3 is 2.20 bits per heavy atom. The summed E-state index contributed by atoms with van der Waals surface area (Å²) in [6.45, 7) is 3.08. The Labute approximate surface area is 201 Å². The van der Waals surface area contributed by atoms with Gasteiger partial charge in [0.05, 0.1) is 11.9 Å². The minimum absolute atomic E-state index is 0.0541. The average Bonchev–Trinajstić information content (AvgIpc) is 2.86. The molecule has 0 radical (unpaired) electrons. The van der Waals surface area contributed by atoms with E-state index in [2.05, 4.69) is 10.4 Å². The van der Waals surface area contributed by atoms with Crippen LogP contribution in [0.3, 0.4) is 0 Å². The van der Waals surface area contributed by atoms with Gasteiger partial charge in [0.1, 0.15) is 0 Å². The van der Waals surface area contributed by atoms with Crippen molar-refractivity contribution in [2.45, 2.75) is 26.5 Å². The topological polar surface area (TPSA) is 107 Å². The van der Waals surface area contributed by atoms with E-state index in [0.29, 0.717) is 22.0 Å². The number of aromatic nitrogens is 2. The zero-order chi connectivity index (χ0) is 24.9. The van der Waals surface area contributed by atoms with Crippen molar-refractivity contribution in [1.82, 2.24) is 9.78 Å². The highest BCUT2D eigenvalue weighted by Gasteiger charge is 2.23. The smallest absolute Gasteiger partial charge is 0.360 e. The molecule has 176 valence electrons. The van der Waals surface area contributed by atoms with E-state index >= 15 is 0 Å². The lowest BCUT2D eigenvalue weighted by molar-refractivity contribution is -0.123. The zero-order valence-electron chi connectivity index (χ0n) is 19.2. The first kappa shape index (κ1) is 23.6. The number of fused-ring (bicyclic) bond motifs is 1. The van der Waals surface area contributed by atoms with E-state index in [-0.39, 0.29) is 23.6 Å². The van der Waals surface area contributed by atoms with E-state index in [1.54, 1.807) is 48.5 Å². The normalized spacial score (nSPS) is 11.6. The molecule has 0 fully saturated rings. The molecule has 1 N–H and O–H groups in total. The van der Waals surface area contributed by atoms with Gasteiger partial charge >= 0.3 is 5.97 Å². The van der Waals surface area contributed by atoms with Gasteiger partial charge in [0.2, 0.25) is 0 Å². The van der Waals surface area contributed by atoms with Gasteiger partial charge in [-0.2, -0.15) is 5.10 Å². The number of carbonyl (C=O) groups is 3. The summed E-state index contributed by atoms with van der Waals surface area (Å²) in [7, 11) is 0. The van der Waals surface area contributed by atoms with Gasteiger partial charge < -0.3 is 10.1 Å². The van der Waals surface area contributed by atoms with Crippen molar-refractivity contribution in [3.05, 3.63) is 106 Å². The first-order valence-electron chi connectivity index (χ1n) is 11.0. The Hall–Kier alpha value is -4.59. The maximum atomic E-state index is 13.0. The first-order chi connectivity index (χ1) is 16.8. The molecule has 1 heterocycles. The molecule has 1 atom stereocenters. The second-order valence-corrected chi connectivity index (χ2v) is 8.01. The van der Waals surface area contributed by atoms with E-state index in [1.807, 2.05) is 30.3 Å². The van der Waals surface area contributed by atoms with Crippen molar-refractivity contribution < 1.29 is 19.1 Å². The Morgan fingerprint density at radius 1 is 0.914 bits per heavy atom. The Bertz CT molecular complexity index is 1460. The predicted octanol–water partition coefficient (Wildman–Crippen LogP) is 3.83. The lowest BCUT2D eigenvalue weighted by Crippen LogP contribution is -2.32. The molecule has 0 aliphatic carbocycles. The maximum Gasteiger partial charge on any atom is 0.360 e. The van der Waals surface area contributed by atoms with Crippen molar-refractivity contribution in [3.8, 4) is 0 Å². The van der Waals surface area contributed by atoms with Crippen LogP contribution in [-0.4, -0.2) is 33.5 Å². The summed E-state index contributed by atoms with van der Waals surface area (Å²) in [6.07, 6.45) is -1.13. The quantitative estimate of drug-likeness (QED) is 0.326. The number of hydrogen-bond acceptors (Lipinski definition) is 6. The van der Waals surface area contributed by atoms with Crippen LogP contribution >= 0.6 is 0 Å². The molecule has 0 spiro atoms. The molecule has 3 aromatic carbocycles. The summed E-state index contributed by atoms with van der Waals surface area (Å²) >= 11 is 0. The molecule has 0 aliphatic heterocycles. The average molecular weight is 469 g/mol. The maximum absolute atomic E-state index is 13.0. The fraction of sp³-hybridized carbons (Fsp3) is 0.148. The number of ether oxygens (including phenoxy) is 1. The minimum Gasteiger partial charge on any atom is -0.448 e. The van der Waals surface area contributed by atoms with Crippen LogP contribution in [0.5, 0.6) is 0 Å². The summed E-state index contributed by atoms with van der Waals surface area (Å²) in [5.74, 6) is -1.45. The highest BCUT2D eigenvalue weighted by molar-refractivity contribution is 6.04. The second-order valence-electron chi connectivity index (χ2n) is 8.01. The molecule has 4 aromatic rings. The largest absolute Gasteiger partial charge is 0.448 e. The van der Waals surface area contributed by atoms with Gasteiger partial charge in [-0.05, 0) is 49.7 Å². The standard InChI is InChI=1S/C27H23N3O5/c1-17(31)20-12-14-21(15-13-20)28-25(32)18(2)35-27(34)24-22-10-6-7-11-23(22)26(33)30(29-24)16-19-8-4-3-5-9-19/h3-15,18H,16H2,1-2H3,(H,28,32). The molecular formula is C27H23N3O5. The SMILES string of the molecule is CC(=O)c1ccc(NC(=O)C(C)OC(=O)c2nn(Cc3ccccc3)c(=O)c3ccccc23)cc1. The fourth-order valence-corrected chi connectivity index (χ4v) is 3.55. The number of hydrogen-bond donors (Lipinski definition) is 1. The van der Waals surface area contributed by atoms with Crippen LogP contribution in [0, 0.1) is 0 Å². The molecule has 1 amide bonds. The summed E-state index contributed by atoms with van der Waals surface area (Å²) in [6, 6.07) is 22.3. The van der Waals surface area contributed by atoms with E-state index in [1.165, 1.54) is 18.5 Å². The van der Waals surface area contributed by atoms with Crippen molar-refractivity contribution in [3.63, 3.8) is 0 Å². The third-order valence-corrected chi connectivity index (χ3v) is 5.45. The predicted molar refractivity (Wildman–Crippen MR) is 132 cm³/mol. The van der Waals surface area contributed by atoms with Crippen LogP contribution in [-0.2, 0) is 16.1 Å². The van der Waals surface area contributed by atoms with Gasteiger partial charge in [0, 0.05) is 16.6 Å². The molecule has 8 heteroatoms. The van der Waals surface area contributed by atoms with Crippen LogP contribution in [0.1, 0.15) is 40.3 Å². The van der Waals surface area contributed by atoms with E-state index < -0.39 is 18.0 Å². The number of Topliss-reactive ketones (excluding diaryl/α,β-unsaturated/α-hetero) is 1. The monoisotopic (exact) mass is 469 g/mol. The Kier molecular flexibility index (Phi) is 6.82. The summed E-state index contributed by atoms with van der Waals surface area (Å²) in [5, 5.41) is 7.61. The molecule has 8 nitrogen and oxygen atoms in total. The number of nitrogens with zero attached hydrogens (tertiary/aromatic N) is 2. The highest BCUT2D eigenvalue weighted by atomic mass is 16.5. The van der Waals surface area contributed by atoms with Gasteiger partial charge in [-0.1, -0.05) is 48.5 Å². The summed E-state index contributed by atoms with van der Waals surface area (Å²) in [5.41, 5.74) is 1.44. The number of anilines is 1. The highest BCUT2D eigenvalue weighted by Crippen LogP contribution is 2.16. The lowest BCUT2D eigenvalue weighted by Gasteiger charge is -2.15. The van der Waals surface area contributed by atoms with Gasteiger partial charge in [-0.15, -0.1) is 0 Å². The third kappa shape index (κ3) is 5.33. The van der Waals surface area contributed by atoms with E-state index in [0.717, 1.165) is 5.56 Å². The summed E-state index contributed by atoms with van der Waals surface area (Å²) < 4.78 is 6.62. The van der Waals surface area contributed by atoms with E-state index in [9.17, 15) is 19.2 Å². The zero-order valence-corrected chi connectivity index (χ0v) is 19.2. The van der Waals surface area contributed by atoms with Crippen molar-refractivity contribution in [1.29, 1.82) is 0 Å². The van der Waals surface area contributed by atoms with E-state index in [4.69, 9.17) is 4.74 Å². The number of benzene rings is 3. The molecule has 35 heavy (non-hydrogen) atoms. The van der Waals surface area contributed by atoms with Crippen molar-refractivity contribution >= 4 is 34.1 Å².